The highest BCUT2D eigenvalue weighted by molar-refractivity contribution is 9.10. The third-order valence-electron chi connectivity index (χ3n) is 4.11. The molecule has 4 rings (SSSR count). The van der Waals surface area contributed by atoms with Crippen molar-refractivity contribution in [1.29, 1.82) is 0 Å². The van der Waals surface area contributed by atoms with Gasteiger partial charge in [0.05, 0.1) is 24.4 Å². The van der Waals surface area contributed by atoms with E-state index < -0.39 is 0 Å². The number of fused-ring (bicyclic) bond motifs is 1. The van der Waals surface area contributed by atoms with Gasteiger partial charge in [-0.2, -0.15) is 5.10 Å². The molecule has 6 nitrogen and oxygen atoms in total. The lowest BCUT2D eigenvalue weighted by Gasteiger charge is -2.09. The highest BCUT2D eigenvalue weighted by Crippen LogP contribution is 2.25. The molecule has 1 N–H and O–H groups in total. The molecule has 3 heterocycles. The summed E-state index contributed by atoms with van der Waals surface area (Å²) in [5.74, 6) is 1.65. The molecular weight excluding hydrogens is 382 g/mol. The molecule has 0 aliphatic carbocycles. The first-order valence-electron chi connectivity index (χ1n) is 8.18. The summed E-state index contributed by atoms with van der Waals surface area (Å²) in [5.41, 5.74) is 3.87. The molecule has 1 aromatic carbocycles. The normalized spacial score (nSPS) is 13.9. The summed E-state index contributed by atoms with van der Waals surface area (Å²) in [6.45, 7) is 2.25. The molecule has 0 spiro atoms. The second-order valence-electron chi connectivity index (χ2n) is 5.81. The molecule has 1 aliphatic rings. The zero-order valence-electron chi connectivity index (χ0n) is 13.9. The molecule has 128 valence electrons. The van der Waals surface area contributed by atoms with Crippen LogP contribution in [0.3, 0.4) is 0 Å². The Kier molecular flexibility index (Phi) is 4.50. The van der Waals surface area contributed by atoms with Crippen molar-refractivity contribution in [3.8, 4) is 11.3 Å². The maximum absolute atomic E-state index is 5.17. The molecule has 1 aliphatic heterocycles. The van der Waals surface area contributed by atoms with E-state index in [1.165, 1.54) is 0 Å². The van der Waals surface area contributed by atoms with E-state index in [4.69, 9.17) is 14.8 Å². The number of methoxy groups -OCH3 is 1. The van der Waals surface area contributed by atoms with E-state index in [0.29, 0.717) is 13.0 Å². The Balaban J connectivity index is 1.89. The zero-order chi connectivity index (χ0) is 17.2. The lowest BCUT2D eigenvalue weighted by molar-refractivity contribution is 0.200. The van der Waals surface area contributed by atoms with E-state index >= 15 is 0 Å². The van der Waals surface area contributed by atoms with Gasteiger partial charge in [0.2, 0.25) is 0 Å². The highest BCUT2D eigenvalue weighted by Gasteiger charge is 2.18. The van der Waals surface area contributed by atoms with Crippen molar-refractivity contribution in [3.05, 3.63) is 52.3 Å². The largest absolute Gasteiger partial charge is 0.384 e. The summed E-state index contributed by atoms with van der Waals surface area (Å²) in [5, 5.41) is 8.04. The van der Waals surface area contributed by atoms with Crippen LogP contribution in [0.1, 0.15) is 11.4 Å². The minimum absolute atomic E-state index is 0.595. The number of rotatable bonds is 5. The Labute approximate surface area is 154 Å². The summed E-state index contributed by atoms with van der Waals surface area (Å²) in [7, 11) is 1.69. The Morgan fingerprint density at radius 3 is 2.96 bits per heavy atom. The molecule has 0 atom stereocenters. The Morgan fingerprint density at radius 2 is 2.20 bits per heavy atom. The van der Waals surface area contributed by atoms with Gasteiger partial charge < -0.3 is 10.1 Å². The van der Waals surface area contributed by atoms with Crippen LogP contribution in [-0.4, -0.2) is 47.2 Å². The van der Waals surface area contributed by atoms with Crippen molar-refractivity contribution in [1.82, 2.24) is 19.9 Å². The number of benzene rings is 1. The number of ether oxygens (including phenoxy) is 1. The highest BCUT2D eigenvalue weighted by atomic mass is 79.9. The molecule has 0 radical (unpaired) electrons. The van der Waals surface area contributed by atoms with Crippen LogP contribution in [-0.2, 0) is 11.2 Å². The van der Waals surface area contributed by atoms with Crippen molar-refractivity contribution in [2.45, 2.75) is 6.42 Å². The van der Waals surface area contributed by atoms with Gasteiger partial charge in [0.1, 0.15) is 5.84 Å². The third-order valence-corrected chi connectivity index (χ3v) is 4.60. The molecule has 0 saturated carbocycles. The van der Waals surface area contributed by atoms with E-state index in [-0.39, 0.29) is 0 Å². The van der Waals surface area contributed by atoms with Crippen molar-refractivity contribution < 1.29 is 4.74 Å². The predicted molar refractivity (Wildman–Crippen MR) is 101 cm³/mol. The number of aromatic nitrogens is 3. The van der Waals surface area contributed by atoms with Gasteiger partial charge in [-0.25, -0.2) is 9.50 Å². The topological polar surface area (TPSA) is 63.8 Å². The van der Waals surface area contributed by atoms with E-state index in [2.05, 4.69) is 50.5 Å². The second kappa shape index (κ2) is 6.93. The first-order valence-corrected chi connectivity index (χ1v) is 8.98. The average molecular weight is 400 g/mol. The van der Waals surface area contributed by atoms with Gasteiger partial charge >= 0.3 is 0 Å². The molecule has 0 fully saturated rings. The number of hydrogen-bond donors (Lipinski definition) is 1. The number of hydrogen-bond acceptors (Lipinski definition) is 5. The van der Waals surface area contributed by atoms with Gasteiger partial charge in [0.15, 0.2) is 11.5 Å². The van der Waals surface area contributed by atoms with Gasteiger partial charge in [0.25, 0.3) is 0 Å². The monoisotopic (exact) mass is 399 g/mol. The van der Waals surface area contributed by atoms with Crippen molar-refractivity contribution >= 4 is 27.4 Å². The maximum Gasteiger partial charge on any atom is 0.167 e. The van der Waals surface area contributed by atoms with Crippen LogP contribution < -0.4 is 5.32 Å². The van der Waals surface area contributed by atoms with Crippen LogP contribution >= 0.6 is 15.9 Å². The third kappa shape index (κ3) is 3.17. The fourth-order valence-electron chi connectivity index (χ4n) is 2.93. The van der Waals surface area contributed by atoms with Crippen molar-refractivity contribution in [2.24, 2.45) is 4.99 Å². The number of amidine groups is 1. The Bertz CT molecular complexity index is 950. The quantitative estimate of drug-likeness (QED) is 0.716. The van der Waals surface area contributed by atoms with Crippen LogP contribution in [0.25, 0.3) is 16.9 Å². The van der Waals surface area contributed by atoms with E-state index in [1.807, 2.05) is 16.6 Å². The second-order valence-corrected chi connectivity index (χ2v) is 6.72. The van der Waals surface area contributed by atoms with Crippen molar-refractivity contribution in [3.63, 3.8) is 0 Å². The number of halogens is 1. The predicted octanol–water partition coefficient (Wildman–Crippen LogP) is 2.70. The van der Waals surface area contributed by atoms with E-state index in [9.17, 15) is 0 Å². The SMILES string of the molecule is COCCc1nc2c(C3=NCCN3)ccc(-c3cccc(Br)c3)n2n1. The Morgan fingerprint density at radius 1 is 1.28 bits per heavy atom. The van der Waals surface area contributed by atoms with Crippen LogP contribution in [0.2, 0.25) is 0 Å². The summed E-state index contributed by atoms with van der Waals surface area (Å²) < 4.78 is 8.11. The van der Waals surface area contributed by atoms with Gasteiger partial charge in [-0.1, -0.05) is 28.1 Å². The molecule has 3 aromatic rings. The molecule has 0 bridgehead atoms. The molecule has 7 heteroatoms. The van der Waals surface area contributed by atoms with Crippen LogP contribution in [0.15, 0.2) is 45.9 Å². The van der Waals surface area contributed by atoms with Gasteiger partial charge in [-0.15, -0.1) is 0 Å². The summed E-state index contributed by atoms with van der Waals surface area (Å²) >= 11 is 3.54. The standard InChI is InChI=1S/C18H18BrN5O/c1-25-10-7-16-22-18-14(17-20-8-9-21-17)5-6-15(24(18)23-16)12-3-2-4-13(19)11-12/h2-6,11H,7-10H2,1H3,(H,20,21). The van der Waals surface area contributed by atoms with Crippen molar-refractivity contribution in [2.75, 3.05) is 26.8 Å². The number of nitrogens with zero attached hydrogens (tertiary/aromatic N) is 4. The average Bonchev–Trinajstić information content (AvgIpc) is 3.28. The molecule has 2 aromatic heterocycles. The number of pyridine rings is 1. The van der Waals surface area contributed by atoms with Crippen LogP contribution in [0.4, 0.5) is 0 Å². The fourth-order valence-corrected chi connectivity index (χ4v) is 3.33. The van der Waals surface area contributed by atoms with Gasteiger partial charge in [0, 0.05) is 30.1 Å². The van der Waals surface area contributed by atoms with Gasteiger partial charge in [-0.05, 0) is 24.3 Å². The smallest absolute Gasteiger partial charge is 0.167 e. The minimum atomic E-state index is 0.595. The molecule has 25 heavy (non-hydrogen) atoms. The zero-order valence-corrected chi connectivity index (χ0v) is 15.5. The number of nitrogens with one attached hydrogen (secondary N) is 1. The molecular formula is C18H18BrN5O. The minimum Gasteiger partial charge on any atom is -0.384 e. The molecule has 0 unspecified atom stereocenters. The van der Waals surface area contributed by atoms with Crippen LogP contribution in [0, 0.1) is 0 Å². The summed E-state index contributed by atoms with van der Waals surface area (Å²) in [6, 6.07) is 12.3. The lowest BCUT2D eigenvalue weighted by atomic mass is 10.1. The fraction of sp³-hybridized carbons (Fsp3) is 0.278. The molecule has 0 amide bonds. The number of aliphatic imine (C=N–C) groups is 1. The van der Waals surface area contributed by atoms with E-state index in [1.54, 1.807) is 7.11 Å². The van der Waals surface area contributed by atoms with Crippen LogP contribution in [0.5, 0.6) is 0 Å². The summed E-state index contributed by atoms with van der Waals surface area (Å²) in [4.78, 5) is 9.28. The lowest BCUT2D eigenvalue weighted by Crippen LogP contribution is -2.20. The first kappa shape index (κ1) is 16.2. The molecule has 0 saturated heterocycles. The summed E-state index contributed by atoms with van der Waals surface area (Å²) in [6.07, 6.45) is 0.676. The van der Waals surface area contributed by atoms with Gasteiger partial charge in [-0.3, -0.25) is 4.99 Å². The first-order chi connectivity index (χ1) is 12.3. The van der Waals surface area contributed by atoms with E-state index in [0.717, 1.165) is 51.7 Å². The maximum atomic E-state index is 5.17. The Hall–Kier alpha value is -2.25.